The molecular weight excluding hydrogens is 410 g/mol. The van der Waals surface area contributed by atoms with Crippen LogP contribution < -0.4 is 10.3 Å². The number of thioether (sulfide) groups is 1. The molecule has 0 saturated heterocycles. The van der Waals surface area contributed by atoms with Gasteiger partial charge < -0.3 is 9.26 Å². The third-order valence-corrected chi connectivity index (χ3v) is 5.93. The van der Waals surface area contributed by atoms with Crippen molar-refractivity contribution in [3.63, 3.8) is 0 Å². The second-order valence-electron chi connectivity index (χ2n) is 6.46. The fraction of sp³-hybridized carbons (Fsp3) is 0.190. The molecule has 0 unspecified atom stereocenters. The predicted molar refractivity (Wildman–Crippen MR) is 114 cm³/mol. The number of hydrogen-bond acceptors (Lipinski definition) is 6. The van der Waals surface area contributed by atoms with Gasteiger partial charge in [-0.3, -0.25) is 9.36 Å². The molecule has 0 amide bonds. The van der Waals surface area contributed by atoms with Crippen LogP contribution >= 0.6 is 23.4 Å². The van der Waals surface area contributed by atoms with Crippen molar-refractivity contribution in [1.82, 2.24) is 14.7 Å². The molecule has 2 heterocycles. The van der Waals surface area contributed by atoms with Crippen molar-refractivity contribution in [3.8, 4) is 11.4 Å². The number of nitrogens with zero attached hydrogens (tertiary/aromatic N) is 3. The molecule has 0 spiro atoms. The SMILES string of the molecule is COc1ccc(-n2c(SCc3c(C)noc3C)nc3ccccc3c2=O)cc1Cl. The smallest absolute Gasteiger partial charge is 0.266 e. The fourth-order valence-corrected chi connectivity index (χ4v) is 4.49. The van der Waals surface area contributed by atoms with Gasteiger partial charge in [0.15, 0.2) is 5.16 Å². The number of aryl methyl sites for hydroxylation is 2. The number of aromatic nitrogens is 3. The van der Waals surface area contributed by atoms with Crippen LogP contribution in [0.2, 0.25) is 5.02 Å². The minimum Gasteiger partial charge on any atom is -0.495 e. The van der Waals surface area contributed by atoms with Crippen LogP contribution in [0.3, 0.4) is 0 Å². The van der Waals surface area contributed by atoms with Crippen molar-refractivity contribution in [1.29, 1.82) is 0 Å². The summed E-state index contributed by atoms with van der Waals surface area (Å²) in [4.78, 5) is 18.1. The van der Waals surface area contributed by atoms with E-state index in [9.17, 15) is 4.79 Å². The van der Waals surface area contributed by atoms with Gasteiger partial charge in [0, 0.05) is 11.3 Å². The molecule has 2 aromatic heterocycles. The quantitative estimate of drug-likeness (QED) is 0.331. The Bertz CT molecular complexity index is 1250. The summed E-state index contributed by atoms with van der Waals surface area (Å²) in [6.45, 7) is 3.77. The standard InChI is InChI=1S/C21H18ClN3O3S/c1-12-16(13(2)28-24-12)11-29-21-23-18-7-5-4-6-15(18)20(26)25(21)14-8-9-19(27-3)17(22)10-14/h4-10H,11H2,1-3H3. The highest BCUT2D eigenvalue weighted by Crippen LogP contribution is 2.30. The van der Waals surface area contributed by atoms with Crippen LogP contribution in [-0.2, 0) is 5.75 Å². The lowest BCUT2D eigenvalue weighted by Crippen LogP contribution is -2.21. The molecular formula is C21H18ClN3O3S. The van der Waals surface area contributed by atoms with Gasteiger partial charge in [0.25, 0.3) is 5.56 Å². The van der Waals surface area contributed by atoms with Crippen molar-refractivity contribution in [2.24, 2.45) is 0 Å². The molecule has 29 heavy (non-hydrogen) atoms. The van der Waals surface area contributed by atoms with Gasteiger partial charge in [-0.25, -0.2) is 4.98 Å². The molecule has 0 atom stereocenters. The molecule has 148 valence electrons. The Labute approximate surface area is 176 Å². The number of hydrogen-bond donors (Lipinski definition) is 0. The first-order valence-corrected chi connectivity index (χ1v) is 10.3. The van der Waals surface area contributed by atoms with Crippen molar-refractivity contribution >= 4 is 34.3 Å². The fourth-order valence-electron chi connectivity index (χ4n) is 3.08. The number of methoxy groups -OCH3 is 1. The van der Waals surface area contributed by atoms with Gasteiger partial charge in [0.05, 0.1) is 34.4 Å². The molecule has 2 aromatic carbocycles. The first-order chi connectivity index (χ1) is 14.0. The molecule has 0 aliphatic carbocycles. The van der Waals surface area contributed by atoms with E-state index in [1.54, 1.807) is 35.9 Å². The molecule has 0 aliphatic rings. The van der Waals surface area contributed by atoms with Crippen molar-refractivity contribution in [3.05, 3.63) is 74.9 Å². The highest BCUT2D eigenvalue weighted by molar-refractivity contribution is 7.98. The normalized spacial score (nSPS) is 11.2. The van der Waals surface area contributed by atoms with Gasteiger partial charge in [0.2, 0.25) is 0 Å². The molecule has 0 aliphatic heterocycles. The second kappa shape index (κ2) is 7.93. The van der Waals surface area contributed by atoms with E-state index in [0.29, 0.717) is 38.3 Å². The van der Waals surface area contributed by atoms with E-state index in [-0.39, 0.29) is 5.56 Å². The lowest BCUT2D eigenvalue weighted by atomic mass is 10.2. The molecule has 0 fully saturated rings. The second-order valence-corrected chi connectivity index (χ2v) is 7.81. The van der Waals surface area contributed by atoms with Gasteiger partial charge in [-0.15, -0.1) is 0 Å². The third kappa shape index (κ3) is 3.63. The minimum atomic E-state index is -0.155. The van der Waals surface area contributed by atoms with E-state index in [1.165, 1.54) is 11.8 Å². The van der Waals surface area contributed by atoms with Crippen LogP contribution in [0.15, 0.2) is 56.9 Å². The Balaban J connectivity index is 1.87. The summed E-state index contributed by atoms with van der Waals surface area (Å²) in [6.07, 6.45) is 0. The maximum absolute atomic E-state index is 13.3. The Hall–Kier alpha value is -2.77. The molecule has 8 heteroatoms. The first-order valence-electron chi connectivity index (χ1n) is 8.90. The van der Waals surface area contributed by atoms with Crippen molar-refractivity contribution in [2.45, 2.75) is 24.8 Å². The average molecular weight is 428 g/mol. The summed E-state index contributed by atoms with van der Waals surface area (Å²) < 4.78 is 12.1. The van der Waals surface area contributed by atoms with E-state index in [4.69, 9.17) is 25.8 Å². The summed E-state index contributed by atoms with van der Waals surface area (Å²) >= 11 is 7.76. The number of fused-ring (bicyclic) bond motifs is 1. The number of benzene rings is 2. The number of para-hydroxylation sites is 1. The highest BCUT2D eigenvalue weighted by atomic mass is 35.5. The zero-order valence-electron chi connectivity index (χ0n) is 16.1. The van der Waals surface area contributed by atoms with Crippen LogP contribution in [0.4, 0.5) is 0 Å². The average Bonchev–Trinajstić information content (AvgIpc) is 3.04. The Morgan fingerprint density at radius 1 is 1.21 bits per heavy atom. The molecule has 0 bridgehead atoms. The Kier molecular flexibility index (Phi) is 5.34. The van der Waals surface area contributed by atoms with Crippen LogP contribution in [0.5, 0.6) is 5.75 Å². The van der Waals surface area contributed by atoms with Crippen molar-refractivity contribution < 1.29 is 9.26 Å². The summed E-state index contributed by atoms with van der Waals surface area (Å²) in [7, 11) is 1.55. The van der Waals surface area contributed by atoms with E-state index in [2.05, 4.69) is 5.16 Å². The van der Waals surface area contributed by atoms with E-state index in [0.717, 1.165) is 17.0 Å². The van der Waals surface area contributed by atoms with Gasteiger partial charge in [0.1, 0.15) is 11.5 Å². The van der Waals surface area contributed by atoms with Crippen molar-refractivity contribution in [2.75, 3.05) is 7.11 Å². The van der Waals surface area contributed by atoms with Gasteiger partial charge in [-0.05, 0) is 44.2 Å². The summed E-state index contributed by atoms with van der Waals surface area (Å²) in [5.74, 6) is 1.88. The van der Waals surface area contributed by atoms with Gasteiger partial charge in [-0.2, -0.15) is 0 Å². The number of halogens is 1. The molecule has 6 nitrogen and oxygen atoms in total. The summed E-state index contributed by atoms with van der Waals surface area (Å²) in [5.41, 5.74) is 2.95. The Morgan fingerprint density at radius 2 is 2.00 bits per heavy atom. The van der Waals surface area contributed by atoms with E-state index < -0.39 is 0 Å². The number of rotatable bonds is 5. The molecule has 0 N–H and O–H groups in total. The predicted octanol–water partition coefficient (Wildman–Crippen LogP) is 4.94. The highest BCUT2D eigenvalue weighted by Gasteiger charge is 2.17. The molecule has 4 aromatic rings. The lowest BCUT2D eigenvalue weighted by Gasteiger charge is -2.14. The first kappa shape index (κ1) is 19.5. The monoisotopic (exact) mass is 427 g/mol. The topological polar surface area (TPSA) is 70.2 Å². The Morgan fingerprint density at radius 3 is 2.69 bits per heavy atom. The van der Waals surface area contributed by atoms with Crippen LogP contribution in [0, 0.1) is 13.8 Å². The summed E-state index contributed by atoms with van der Waals surface area (Å²) in [5, 5.41) is 5.53. The summed E-state index contributed by atoms with van der Waals surface area (Å²) in [6, 6.07) is 12.5. The zero-order valence-corrected chi connectivity index (χ0v) is 17.7. The van der Waals surface area contributed by atoms with Gasteiger partial charge >= 0.3 is 0 Å². The maximum Gasteiger partial charge on any atom is 0.266 e. The van der Waals surface area contributed by atoms with Crippen LogP contribution in [-0.4, -0.2) is 21.8 Å². The van der Waals surface area contributed by atoms with Crippen LogP contribution in [0.1, 0.15) is 17.0 Å². The largest absolute Gasteiger partial charge is 0.495 e. The van der Waals surface area contributed by atoms with E-state index in [1.807, 2.05) is 32.0 Å². The zero-order chi connectivity index (χ0) is 20.5. The van der Waals surface area contributed by atoms with E-state index >= 15 is 0 Å². The van der Waals surface area contributed by atoms with Gasteiger partial charge in [-0.1, -0.05) is 40.7 Å². The minimum absolute atomic E-state index is 0.155. The lowest BCUT2D eigenvalue weighted by molar-refractivity contribution is 0.392. The van der Waals surface area contributed by atoms with Crippen LogP contribution in [0.25, 0.3) is 16.6 Å². The molecule has 0 radical (unpaired) electrons. The molecule has 0 saturated carbocycles. The third-order valence-electron chi connectivity index (χ3n) is 4.67. The number of ether oxygens (including phenoxy) is 1. The maximum atomic E-state index is 13.3. The molecule has 4 rings (SSSR count).